The molecule has 5 heteroatoms. The molecule has 1 aromatic heterocycles. The van der Waals surface area contributed by atoms with Crippen LogP contribution < -0.4 is 5.73 Å². The average Bonchev–Trinajstić information content (AvgIpc) is 2.05. The van der Waals surface area contributed by atoms with Gasteiger partial charge in [-0.2, -0.15) is 10.5 Å². The van der Waals surface area contributed by atoms with Crippen LogP contribution in [-0.2, 0) is 0 Å². The van der Waals surface area contributed by atoms with Crippen LogP contribution >= 0.6 is 15.9 Å². The number of hydrogen-bond donors (Lipinski definition) is 1. The van der Waals surface area contributed by atoms with Gasteiger partial charge in [-0.1, -0.05) is 0 Å². The fraction of sp³-hybridized carbons (Fsp3) is 0. The van der Waals surface area contributed by atoms with Gasteiger partial charge in [0.05, 0.1) is 11.1 Å². The number of hydrogen-bond acceptors (Lipinski definition) is 4. The maximum Gasteiger partial charge on any atom is 0.142 e. The van der Waals surface area contributed by atoms with Crippen molar-refractivity contribution < 1.29 is 0 Å². The second kappa shape index (κ2) is 3.21. The van der Waals surface area contributed by atoms with E-state index in [1.54, 1.807) is 0 Å². The van der Waals surface area contributed by atoms with Crippen molar-refractivity contribution in [2.75, 3.05) is 5.73 Å². The molecule has 58 valence electrons. The first-order valence-electron chi connectivity index (χ1n) is 2.95. The first-order valence-corrected chi connectivity index (χ1v) is 3.74. The molecule has 0 atom stereocenters. The third-order valence-corrected chi connectivity index (χ3v) is 1.85. The van der Waals surface area contributed by atoms with Gasteiger partial charge >= 0.3 is 0 Å². The fourth-order valence-corrected chi connectivity index (χ4v) is 1.07. The molecule has 0 aliphatic rings. The van der Waals surface area contributed by atoms with Crippen LogP contribution in [0.5, 0.6) is 0 Å². The molecule has 0 bridgehead atoms. The predicted molar refractivity (Wildman–Crippen MR) is 45.8 cm³/mol. The number of anilines is 1. The molecule has 2 N–H and O–H groups in total. The Hall–Kier alpha value is -1.59. The number of nitrogen functional groups attached to an aromatic ring is 1. The Morgan fingerprint density at radius 2 is 1.92 bits per heavy atom. The summed E-state index contributed by atoms with van der Waals surface area (Å²) in [6.07, 6.45) is 0. The molecule has 0 aliphatic carbocycles. The Balaban J connectivity index is 3.42. The predicted octanol–water partition coefficient (Wildman–Crippen LogP) is 1.17. The van der Waals surface area contributed by atoms with Crippen molar-refractivity contribution in [2.24, 2.45) is 0 Å². The number of aromatic nitrogens is 1. The van der Waals surface area contributed by atoms with E-state index in [-0.39, 0.29) is 11.4 Å². The largest absolute Gasteiger partial charge is 0.383 e. The quantitative estimate of drug-likeness (QED) is 0.668. The zero-order chi connectivity index (χ0) is 9.14. The van der Waals surface area contributed by atoms with Crippen LogP contribution in [0.2, 0.25) is 0 Å². The number of nitrogens with zero attached hydrogens (tertiary/aromatic N) is 3. The van der Waals surface area contributed by atoms with Crippen LogP contribution in [0.25, 0.3) is 0 Å². The molecule has 12 heavy (non-hydrogen) atoms. The Labute approximate surface area is 77.4 Å². The van der Waals surface area contributed by atoms with Crippen molar-refractivity contribution in [3.8, 4) is 12.1 Å². The molecule has 1 heterocycles. The normalized spacial score (nSPS) is 8.58. The Morgan fingerprint density at radius 1 is 1.33 bits per heavy atom. The molecule has 0 saturated carbocycles. The van der Waals surface area contributed by atoms with Gasteiger partial charge in [0, 0.05) is 0 Å². The monoisotopic (exact) mass is 222 g/mol. The minimum atomic E-state index is 0.128. The summed E-state index contributed by atoms with van der Waals surface area (Å²) in [6, 6.07) is 5.11. The second-order valence-corrected chi connectivity index (χ2v) is 2.73. The average molecular weight is 223 g/mol. The highest BCUT2D eigenvalue weighted by molar-refractivity contribution is 9.10. The molecular weight excluding hydrogens is 220 g/mol. The molecule has 4 nitrogen and oxygen atoms in total. The zero-order valence-corrected chi connectivity index (χ0v) is 7.46. The summed E-state index contributed by atoms with van der Waals surface area (Å²) >= 11 is 3.05. The number of halogens is 1. The van der Waals surface area contributed by atoms with Gasteiger partial charge in [-0.3, -0.25) is 0 Å². The molecular formula is C7H3BrN4. The molecule has 0 amide bonds. The van der Waals surface area contributed by atoms with Crippen LogP contribution in [0, 0.1) is 22.7 Å². The van der Waals surface area contributed by atoms with Crippen molar-refractivity contribution in [1.82, 2.24) is 4.98 Å². The van der Waals surface area contributed by atoms with Crippen LogP contribution in [0.15, 0.2) is 10.7 Å². The number of rotatable bonds is 0. The lowest BCUT2D eigenvalue weighted by Crippen LogP contribution is -1.96. The molecule has 0 aromatic carbocycles. The van der Waals surface area contributed by atoms with Gasteiger partial charge in [-0.15, -0.1) is 0 Å². The van der Waals surface area contributed by atoms with E-state index in [4.69, 9.17) is 16.3 Å². The van der Waals surface area contributed by atoms with E-state index in [9.17, 15) is 0 Å². The molecule has 0 unspecified atom stereocenters. The topological polar surface area (TPSA) is 86.5 Å². The summed E-state index contributed by atoms with van der Waals surface area (Å²) in [5.74, 6) is 0.128. The van der Waals surface area contributed by atoms with E-state index < -0.39 is 0 Å². The molecule has 1 aromatic rings. The second-order valence-electron chi connectivity index (χ2n) is 1.98. The van der Waals surface area contributed by atoms with Gasteiger partial charge in [0.1, 0.15) is 22.6 Å². The molecule has 1 rings (SSSR count). The van der Waals surface area contributed by atoms with Gasteiger partial charge in [-0.25, -0.2) is 4.98 Å². The van der Waals surface area contributed by atoms with Crippen molar-refractivity contribution >= 4 is 21.7 Å². The Bertz CT molecular complexity index is 364. The molecule has 0 spiro atoms. The van der Waals surface area contributed by atoms with E-state index in [0.717, 1.165) is 0 Å². The fourth-order valence-electron chi connectivity index (χ4n) is 0.672. The standard InChI is InChI=1S/C7H3BrN4/c8-6-4(2-9)1-5(3-10)7(11)12-6/h1H,(H2,11,12). The van der Waals surface area contributed by atoms with Crippen LogP contribution in [0.3, 0.4) is 0 Å². The molecule has 0 saturated heterocycles. The van der Waals surface area contributed by atoms with Crippen molar-refractivity contribution in [1.29, 1.82) is 10.5 Å². The van der Waals surface area contributed by atoms with Crippen molar-refractivity contribution in [2.45, 2.75) is 0 Å². The third kappa shape index (κ3) is 1.36. The summed E-state index contributed by atoms with van der Waals surface area (Å²) in [7, 11) is 0. The molecule has 0 radical (unpaired) electrons. The van der Waals surface area contributed by atoms with Gasteiger partial charge in [0.15, 0.2) is 0 Å². The van der Waals surface area contributed by atoms with E-state index in [1.807, 2.05) is 12.1 Å². The summed E-state index contributed by atoms with van der Waals surface area (Å²) in [6.45, 7) is 0. The summed E-state index contributed by atoms with van der Waals surface area (Å²) in [4.78, 5) is 3.76. The van der Waals surface area contributed by atoms with E-state index >= 15 is 0 Å². The van der Waals surface area contributed by atoms with Crippen LogP contribution in [-0.4, -0.2) is 4.98 Å². The summed E-state index contributed by atoms with van der Waals surface area (Å²) in [5.41, 5.74) is 5.91. The van der Waals surface area contributed by atoms with Crippen molar-refractivity contribution in [3.63, 3.8) is 0 Å². The number of nitriles is 2. The lowest BCUT2D eigenvalue weighted by atomic mass is 10.2. The first-order chi connectivity index (χ1) is 5.69. The SMILES string of the molecule is N#Cc1cc(C#N)c(Br)nc1N. The highest BCUT2D eigenvalue weighted by Crippen LogP contribution is 2.18. The lowest BCUT2D eigenvalue weighted by molar-refractivity contribution is 1.24. The Morgan fingerprint density at radius 3 is 2.42 bits per heavy atom. The van der Waals surface area contributed by atoms with Crippen molar-refractivity contribution in [3.05, 3.63) is 21.8 Å². The first kappa shape index (κ1) is 8.51. The minimum Gasteiger partial charge on any atom is -0.383 e. The van der Waals surface area contributed by atoms with Gasteiger partial charge in [0.2, 0.25) is 0 Å². The highest BCUT2D eigenvalue weighted by Gasteiger charge is 2.06. The maximum absolute atomic E-state index is 8.56. The van der Waals surface area contributed by atoms with Gasteiger partial charge in [-0.05, 0) is 22.0 Å². The molecule has 0 fully saturated rings. The van der Waals surface area contributed by atoms with E-state index in [0.29, 0.717) is 10.2 Å². The number of pyridine rings is 1. The third-order valence-electron chi connectivity index (χ3n) is 1.25. The zero-order valence-electron chi connectivity index (χ0n) is 5.87. The molecule has 0 aliphatic heterocycles. The Kier molecular flexibility index (Phi) is 2.27. The lowest BCUT2D eigenvalue weighted by Gasteiger charge is -1.97. The highest BCUT2D eigenvalue weighted by atomic mass is 79.9. The van der Waals surface area contributed by atoms with Gasteiger partial charge in [0.25, 0.3) is 0 Å². The summed E-state index contributed by atoms with van der Waals surface area (Å²) in [5, 5.41) is 17.1. The summed E-state index contributed by atoms with van der Waals surface area (Å²) < 4.78 is 0.363. The van der Waals surface area contributed by atoms with Gasteiger partial charge < -0.3 is 5.73 Å². The van der Waals surface area contributed by atoms with E-state index in [1.165, 1.54) is 6.07 Å². The number of nitrogens with two attached hydrogens (primary N) is 1. The maximum atomic E-state index is 8.56. The van der Waals surface area contributed by atoms with Crippen LogP contribution in [0.4, 0.5) is 5.82 Å². The smallest absolute Gasteiger partial charge is 0.142 e. The minimum absolute atomic E-state index is 0.128. The van der Waals surface area contributed by atoms with Crippen LogP contribution in [0.1, 0.15) is 11.1 Å². The van der Waals surface area contributed by atoms with E-state index in [2.05, 4.69) is 20.9 Å².